The number of hydrogen-bond donors (Lipinski definition) is 2. The molecule has 1 unspecified atom stereocenters. The molecule has 2 saturated carbocycles. The van der Waals surface area contributed by atoms with Gasteiger partial charge in [0.05, 0.1) is 5.56 Å². The number of nitrogens with one attached hydrogen (secondary N) is 2. The molecule has 1 aromatic carbocycles. The van der Waals surface area contributed by atoms with Crippen LogP contribution in [-0.4, -0.2) is 26.5 Å². The molecule has 2 aliphatic carbocycles. The third-order valence-corrected chi connectivity index (χ3v) is 6.38. The predicted molar refractivity (Wildman–Crippen MR) is 112 cm³/mol. The fraction of sp³-hybridized carbons (Fsp3) is 0.435. The summed E-state index contributed by atoms with van der Waals surface area (Å²) in [6.07, 6.45) is 6.11. The Kier molecular flexibility index (Phi) is 4.12. The predicted octanol–water partition coefficient (Wildman–Crippen LogP) is 3.71. The van der Waals surface area contributed by atoms with E-state index in [2.05, 4.69) is 29.2 Å². The molecule has 29 heavy (non-hydrogen) atoms. The number of H-pyrrole nitrogens is 1. The van der Waals surface area contributed by atoms with Crippen LogP contribution in [0.4, 0.5) is 0 Å². The lowest BCUT2D eigenvalue weighted by Gasteiger charge is -2.12. The van der Waals surface area contributed by atoms with Crippen LogP contribution in [-0.2, 0) is 0 Å². The molecular weight excluding hydrogens is 364 g/mol. The summed E-state index contributed by atoms with van der Waals surface area (Å²) in [5.74, 6) is 1.27. The van der Waals surface area contributed by atoms with Crippen molar-refractivity contribution in [2.24, 2.45) is 5.92 Å². The van der Waals surface area contributed by atoms with Crippen molar-refractivity contribution in [1.29, 1.82) is 0 Å². The van der Waals surface area contributed by atoms with Crippen LogP contribution < -0.4 is 10.9 Å². The third-order valence-electron chi connectivity index (χ3n) is 6.38. The van der Waals surface area contributed by atoms with Crippen LogP contribution in [0.2, 0.25) is 0 Å². The Morgan fingerprint density at radius 2 is 1.97 bits per heavy atom. The van der Waals surface area contributed by atoms with Crippen LogP contribution in [0.5, 0.6) is 0 Å². The van der Waals surface area contributed by atoms with Gasteiger partial charge < -0.3 is 10.3 Å². The molecular formula is C23H26N4O2. The highest BCUT2D eigenvalue weighted by atomic mass is 16.2. The first-order valence-electron chi connectivity index (χ1n) is 10.5. The Morgan fingerprint density at radius 1 is 1.21 bits per heavy atom. The number of benzene rings is 1. The molecule has 2 aliphatic rings. The monoisotopic (exact) mass is 390 g/mol. The second-order valence-electron chi connectivity index (χ2n) is 8.73. The van der Waals surface area contributed by atoms with Crippen molar-refractivity contribution < 1.29 is 4.79 Å². The molecule has 0 radical (unpaired) electrons. The number of hydrogen-bond acceptors (Lipinski definition) is 3. The van der Waals surface area contributed by atoms with Gasteiger partial charge in [0.25, 0.3) is 11.5 Å². The highest BCUT2D eigenvalue weighted by Crippen LogP contribution is 2.43. The van der Waals surface area contributed by atoms with Crippen molar-refractivity contribution in [2.75, 3.05) is 0 Å². The van der Waals surface area contributed by atoms with E-state index in [1.165, 1.54) is 18.4 Å². The Labute approximate surface area is 169 Å². The molecule has 2 heterocycles. The SMILES string of the molecule is Cc1ccc(-c2nn3cc(C(=O)NC(C)C4CC4)c(C4CC4)c3c(=O)[nH]2)cc1C. The minimum Gasteiger partial charge on any atom is -0.349 e. The van der Waals surface area contributed by atoms with Gasteiger partial charge in [-0.25, -0.2) is 4.52 Å². The van der Waals surface area contributed by atoms with Gasteiger partial charge in [0, 0.05) is 23.4 Å². The summed E-state index contributed by atoms with van der Waals surface area (Å²) in [7, 11) is 0. The fourth-order valence-electron chi connectivity index (χ4n) is 4.10. The maximum absolute atomic E-state index is 13.0. The van der Waals surface area contributed by atoms with E-state index < -0.39 is 0 Å². The summed E-state index contributed by atoms with van der Waals surface area (Å²) in [5, 5.41) is 7.79. The number of aromatic amines is 1. The number of aryl methyl sites for hydroxylation is 2. The Hall–Kier alpha value is -2.89. The number of amides is 1. The normalized spacial score (nSPS) is 17.5. The van der Waals surface area contributed by atoms with Crippen molar-refractivity contribution in [3.63, 3.8) is 0 Å². The molecule has 6 nitrogen and oxygen atoms in total. The Bertz CT molecular complexity index is 1180. The Morgan fingerprint density at radius 3 is 2.62 bits per heavy atom. The fourth-order valence-corrected chi connectivity index (χ4v) is 4.10. The first-order chi connectivity index (χ1) is 13.9. The first kappa shape index (κ1) is 18.2. The van der Waals surface area contributed by atoms with Gasteiger partial charge in [0.2, 0.25) is 0 Å². The number of carbonyl (C=O) groups is 1. The van der Waals surface area contributed by atoms with E-state index in [0.717, 1.165) is 29.5 Å². The molecule has 5 rings (SSSR count). The van der Waals surface area contributed by atoms with Gasteiger partial charge in [-0.3, -0.25) is 9.59 Å². The summed E-state index contributed by atoms with van der Waals surface area (Å²) in [6.45, 7) is 6.16. The summed E-state index contributed by atoms with van der Waals surface area (Å²) in [6, 6.07) is 6.17. The molecule has 1 amide bonds. The van der Waals surface area contributed by atoms with Crippen molar-refractivity contribution in [2.45, 2.75) is 58.4 Å². The summed E-state index contributed by atoms with van der Waals surface area (Å²) in [4.78, 5) is 28.9. The van der Waals surface area contributed by atoms with E-state index in [4.69, 9.17) is 0 Å². The number of aromatic nitrogens is 3. The molecule has 2 aromatic heterocycles. The van der Waals surface area contributed by atoms with E-state index in [-0.39, 0.29) is 23.4 Å². The molecule has 0 bridgehead atoms. The van der Waals surface area contributed by atoms with Crippen LogP contribution in [0.3, 0.4) is 0 Å². The second kappa shape index (κ2) is 6.58. The smallest absolute Gasteiger partial charge is 0.275 e. The average Bonchev–Trinajstić information content (AvgIpc) is 3.60. The maximum Gasteiger partial charge on any atom is 0.275 e. The quantitative estimate of drug-likeness (QED) is 0.697. The van der Waals surface area contributed by atoms with Crippen molar-refractivity contribution in [3.05, 3.63) is 57.0 Å². The van der Waals surface area contributed by atoms with Crippen LogP contribution in [0.1, 0.15) is 65.6 Å². The topological polar surface area (TPSA) is 79.3 Å². The number of rotatable bonds is 5. The zero-order chi connectivity index (χ0) is 20.3. The van der Waals surface area contributed by atoms with Crippen molar-refractivity contribution in [3.8, 4) is 11.4 Å². The lowest BCUT2D eigenvalue weighted by atomic mass is 10.1. The zero-order valence-corrected chi connectivity index (χ0v) is 17.1. The summed E-state index contributed by atoms with van der Waals surface area (Å²) < 4.78 is 1.60. The van der Waals surface area contributed by atoms with Crippen LogP contribution >= 0.6 is 0 Å². The highest BCUT2D eigenvalue weighted by molar-refractivity contribution is 5.98. The highest BCUT2D eigenvalue weighted by Gasteiger charge is 2.35. The Balaban J connectivity index is 1.60. The van der Waals surface area contributed by atoms with E-state index in [9.17, 15) is 9.59 Å². The van der Waals surface area contributed by atoms with Gasteiger partial charge in [0.1, 0.15) is 5.52 Å². The van der Waals surface area contributed by atoms with Crippen molar-refractivity contribution >= 4 is 11.4 Å². The van der Waals surface area contributed by atoms with Crippen LogP contribution in [0.25, 0.3) is 16.9 Å². The van der Waals surface area contributed by atoms with Gasteiger partial charge in [-0.05, 0) is 75.5 Å². The molecule has 0 saturated heterocycles. The number of fused-ring (bicyclic) bond motifs is 1. The van der Waals surface area contributed by atoms with Crippen molar-refractivity contribution in [1.82, 2.24) is 19.9 Å². The third kappa shape index (κ3) is 3.26. The minimum atomic E-state index is -0.190. The van der Waals surface area contributed by atoms with Crippen LogP contribution in [0.15, 0.2) is 29.2 Å². The van der Waals surface area contributed by atoms with Crippen LogP contribution in [0, 0.1) is 19.8 Å². The van der Waals surface area contributed by atoms with Gasteiger partial charge in [-0.1, -0.05) is 12.1 Å². The molecule has 3 aromatic rings. The number of nitrogens with zero attached hydrogens (tertiary/aromatic N) is 2. The molecule has 6 heteroatoms. The van der Waals surface area contributed by atoms with Gasteiger partial charge >= 0.3 is 0 Å². The minimum absolute atomic E-state index is 0.0936. The second-order valence-corrected chi connectivity index (χ2v) is 8.73. The molecule has 0 aliphatic heterocycles. The van der Waals surface area contributed by atoms with E-state index in [1.54, 1.807) is 10.7 Å². The van der Waals surface area contributed by atoms with E-state index >= 15 is 0 Å². The standard InChI is InChI=1S/C23H26N4O2/c1-12-4-5-17(10-13(12)2)21-25-23(29)20-19(16-8-9-16)18(11-27(20)26-21)22(28)24-14(3)15-6-7-15/h4-5,10-11,14-16H,6-9H2,1-3H3,(H,24,28)(H,25,26,29). The first-order valence-corrected chi connectivity index (χ1v) is 10.5. The van der Waals surface area contributed by atoms with Gasteiger partial charge in [0.15, 0.2) is 5.82 Å². The lowest BCUT2D eigenvalue weighted by molar-refractivity contribution is 0.0935. The zero-order valence-electron chi connectivity index (χ0n) is 17.1. The van der Waals surface area contributed by atoms with E-state index in [0.29, 0.717) is 22.8 Å². The van der Waals surface area contributed by atoms with Gasteiger partial charge in [-0.2, -0.15) is 0 Å². The van der Waals surface area contributed by atoms with E-state index in [1.807, 2.05) is 25.1 Å². The summed E-state index contributed by atoms with van der Waals surface area (Å²) in [5.41, 5.74) is 4.96. The molecule has 0 spiro atoms. The average molecular weight is 390 g/mol. The lowest BCUT2D eigenvalue weighted by Crippen LogP contribution is -2.34. The van der Waals surface area contributed by atoms with Gasteiger partial charge in [-0.15, -0.1) is 5.10 Å². The molecule has 1 atom stereocenters. The largest absolute Gasteiger partial charge is 0.349 e. The molecule has 2 fully saturated rings. The maximum atomic E-state index is 13.0. The molecule has 150 valence electrons. The number of carbonyl (C=O) groups excluding carboxylic acids is 1. The molecule has 2 N–H and O–H groups in total. The summed E-state index contributed by atoms with van der Waals surface area (Å²) >= 11 is 0.